The molecule has 34 heavy (non-hydrogen) atoms. The van der Waals surface area contributed by atoms with E-state index in [4.69, 9.17) is 13.9 Å². The molecule has 7 nitrogen and oxygen atoms in total. The van der Waals surface area contributed by atoms with Crippen molar-refractivity contribution in [2.75, 3.05) is 13.2 Å². The first-order chi connectivity index (χ1) is 16.5. The normalized spacial score (nSPS) is 20.3. The summed E-state index contributed by atoms with van der Waals surface area (Å²) in [7, 11) is 0. The molecule has 1 aromatic heterocycles. The smallest absolute Gasteiger partial charge is 0.290 e. The van der Waals surface area contributed by atoms with Gasteiger partial charge in [0, 0.05) is 13.2 Å². The van der Waals surface area contributed by atoms with Gasteiger partial charge in [-0.3, -0.25) is 9.59 Å². The second-order valence-electron chi connectivity index (χ2n) is 8.48. The number of ether oxygens (including phenoxy) is 2. The summed E-state index contributed by atoms with van der Waals surface area (Å²) >= 11 is 0. The summed E-state index contributed by atoms with van der Waals surface area (Å²) < 4.78 is 17.2. The van der Waals surface area contributed by atoms with Gasteiger partial charge in [-0.05, 0) is 61.7 Å². The molecule has 0 aliphatic carbocycles. The first-order valence-electron chi connectivity index (χ1n) is 11.3. The van der Waals surface area contributed by atoms with Gasteiger partial charge in [-0.1, -0.05) is 30.3 Å². The van der Waals surface area contributed by atoms with E-state index in [1.54, 1.807) is 37.3 Å². The Balaban J connectivity index is 1.53. The van der Waals surface area contributed by atoms with Gasteiger partial charge in [0.15, 0.2) is 11.5 Å². The first-order valence-corrected chi connectivity index (χ1v) is 11.3. The second kappa shape index (κ2) is 9.19. The molecular formula is C27H25NO6. The molecule has 1 N–H and O–H groups in total. The van der Waals surface area contributed by atoms with Gasteiger partial charge in [-0.2, -0.15) is 0 Å². The zero-order chi connectivity index (χ0) is 23.7. The quantitative estimate of drug-likeness (QED) is 0.492. The summed E-state index contributed by atoms with van der Waals surface area (Å²) in [6.45, 7) is 2.64. The number of carbonyl (C=O) groups is 2. The fourth-order valence-electron chi connectivity index (χ4n) is 4.49. The molecule has 2 aromatic carbocycles. The Morgan fingerprint density at radius 3 is 2.59 bits per heavy atom. The highest BCUT2D eigenvalue weighted by molar-refractivity contribution is 6.15. The van der Waals surface area contributed by atoms with Crippen molar-refractivity contribution < 1.29 is 28.6 Å². The van der Waals surface area contributed by atoms with E-state index in [0.29, 0.717) is 29.4 Å². The lowest BCUT2D eigenvalue weighted by Crippen LogP contribution is -2.37. The highest BCUT2D eigenvalue weighted by atomic mass is 16.5. The molecule has 2 atom stereocenters. The summed E-state index contributed by atoms with van der Waals surface area (Å²) in [5, 5.41) is 10.8. The van der Waals surface area contributed by atoms with Gasteiger partial charge in [0.2, 0.25) is 5.78 Å². The average Bonchev–Trinajstić information content (AvgIpc) is 3.57. The van der Waals surface area contributed by atoms with Gasteiger partial charge in [0.25, 0.3) is 5.91 Å². The molecular weight excluding hydrogens is 434 g/mol. The summed E-state index contributed by atoms with van der Waals surface area (Å²) in [4.78, 5) is 28.1. The first kappa shape index (κ1) is 22.0. The van der Waals surface area contributed by atoms with Gasteiger partial charge >= 0.3 is 0 Å². The number of nitrogens with zero attached hydrogens (tertiary/aromatic N) is 1. The summed E-state index contributed by atoms with van der Waals surface area (Å²) in [6.07, 6.45) is 1.58. The molecule has 3 aromatic rings. The van der Waals surface area contributed by atoms with Crippen molar-refractivity contribution in [1.29, 1.82) is 0 Å². The molecule has 0 radical (unpaired) electrons. The maximum Gasteiger partial charge on any atom is 0.290 e. The Labute approximate surface area is 197 Å². The van der Waals surface area contributed by atoms with Gasteiger partial charge in [-0.25, -0.2) is 0 Å². The number of amides is 1. The van der Waals surface area contributed by atoms with Crippen LogP contribution < -0.4 is 4.74 Å². The fourth-order valence-corrected chi connectivity index (χ4v) is 4.49. The maximum absolute atomic E-state index is 13.4. The van der Waals surface area contributed by atoms with Crippen LogP contribution in [0.2, 0.25) is 0 Å². The second-order valence-corrected chi connectivity index (χ2v) is 8.48. The minimum Gasteiger partial charge on any atom is -0.503 e. The van der Waals surface area contributed by atoms with Crippen molar-refractivity contribution in [3.63, 3.8) is 0 Å². The number of ketones is 1. The van der Waals surface area contributed by atoms with E-state index in [-0.39, 0.29) is 24.0 Å². The Kier molecular flexibility index (Phi) is 5.94. The van der Waals surface area contributed by atoms with Crippen LogP contribution in [0.3, 0.4) is 0 Å². The number of hydrogen-bond acceptors (Lipinski definition) is 6. The molecule has 7 heteroatoms. The Hall–Kier alpha value is -3.84. The zero-order valence-corrected chi connectivity index (χ0v) is 18.8. The van der Waals surface area contributed by atoms with Crippen LogP contribution in [-0.2, 0) is 9.53 Å². The van der Waals surface area contributed by atoms with Crippen molar-refractivity contribution in [2.45, 2.75) is 31.9 Å². The number of rotatable bonds is 7. The van der Waals surface area contributed by atoms with Crippen LogP contribution in [0.25, 0.3) is 0 Å². The number of hydrogen-bond donors (Lipinski definition) is 1. The predicted octanol–water partition coefficient (Wildman–Crippen LogP) is 5.14. The fraction of sp³-hybridized carbons (Fsp3) is 0.259. The number of carbonyl (C=O) groups excluding carboxylic acids is 2. The standard InChI is InChI=1S/C27H25NO6/c1-17-12-13-22(33-17)25(29)23-24(28(27(31)26(23)30)16-21-11-6-14-32-21)18-7-5-10-20(15-18)34-19-8-3-2-4-9-19/h2-5,7-10,12-13,15,21,24,30H,6,11,14,16H2,1H3/t21-,24-/m1/s1. The SMILES string of the molecule is Cc1ccc(C(=O)C2=C(O)C(=O)N(C[C@H]3CCCO3)[C@@H]2c2cccc(Oc3ccccc3)c2)o1. The topological polar surface area (TPSA) is 89.2 Å². The lowest BCUT2D eigenvalue weighted by atomic mass is 9.94. The minimum atomic E-state index is -0.797. The summed E-state index contributed by atoms with van der Waals surface area (Å²) in [5.41, 5.74) is 0.643. The molecule has 0 bridgehead atoms. The van der Waals surface area contributed by atoms with Crippen LogP contribution in [0.1, 0.15) is 40.8 Å². The minimum absolute atomic E-state index is 0.00536. The number of aryl methyl sites for hydroxylation is 1. The highest BCUT2D eigenvalue weighted by Gasteiger charge is 2.45. The number of furan rings is 1. The van der Waals surface area contributed by atoms with Crippen molar-refractivity contribution >= 4 is 11.7 Å². The average molecular weight is 459 g/mol. The van der Waals surface area contributed by atoms with Crippen molar-refractivity contribution in [2.24, 2.45) is 0 Å². The Morgan fingerprint density at radius 1 is 1.09 bits per heavy atom. The van der Waals surface area contributed by atoms with Crippen LogP contribution in [0.5, 0.6) is 11.5 Å². The largest absolute Gasteiger partial charge is 0.503 e. The highest BCUT2D eigenvalue weighted by Crippen LogP contribution is 2.41. The predicted molar refractivity (Wildman–Crippen MR) is 124 cm³/mol. The van der Waals surface area contributed by atoms with Gasteiger partial charge in [0.05, 0.1) is 17.7 Å². The molecule has 5 rings (SSSR count). The monoisotopic (exact) mass is 459 g/mol. The molecule has 3 heterocycles. The van der Waals surface area contributed by atoms with Crippen molar-refractivity contribution in [1.82, 2.24) is 4.90 Å². The lowest BCUT2D eigenvalue weighted by Gasteiger charge is -2.29. The number of Topliss-reactive ketones (excluding diaryl/α,β-unsaturated/α-hetero) is 1. The summed E-state index contributed by atoms with van der Waals surface area (Å²) in [6, 6.07) is 19.0. The van der Waals surface area contributed by atoms with E-state index in [0.717, 1.165) is 12.8 Å². The maximum atomic E-state index is 13.4. The van der Waals surface area contributed by atoms with Gasteiger partial charge in [-0.15, -0.1) is 0 Å². The molecule has 1 fully saturated rings. The number of benzene rings is 2. The van der Waals surface area contributed by atoms with E-state index in [9.17, 15) is 14.7 Å². The Bertz CT molecular complexity index is 1240. The lowest BCUT2D eigenvalue weighted by molar-refractivity contribution is -0.131. The summed E-state index contributed by atoms with van der Waals surface area (Å²) in [5.74, 6) is 0.191. The van der Waals surface area contributed by atoms with Gasteiger partial charge < -0.3 is 23.9 Å². The molecule has 174 valence electrons. The third-order valence-electron chi connectivity index (χ3n) is 6.09. The van der Waals surface area contributed by atoms with Crippen LogP contribution in [0.4, 0.5) is 0 Å². The molecule has 2 aliphatic heterocycles. The Morgan fingerprint density at radius 2 is 1.88 bits per heavy atom. The molecule has 0 saturated carbocycles. The molecule has 1 amide bonds. The molecule has 2 aliphatic rings. The molecule has 0 spiro atoms. The van der Waals surface area contributed by atoms with Crippen molar-refractivity contribution in [3.8, 4) is 11.5 Å². The third kappa shape index (κ3) is 4.22. The third-order valence-corrected chi connectivity index (χ3v) is 6.09. The van der Waals surface area contributed by atoms with Crippen molar-refractivity contribution in [3.05, 3.63) is 95.1 Å². The van der Waals surface area contributed by atoms with E-state index in [2.05, 4.69) is 0 Å². The number of aliphatic hydroxyl groups is 1. The van der Waals surface area contributed by atoms with E-state index in [1.165, 1.54) is 4.90 Å². The number of para-hydroxylation sites is 1. The van der Waals surface area contributed by atoms with Crippen LogP contribution >= 0.6 is 0 Å². The van der Waals surface area contributed by atoms with Crippen LogP contribution in [0.15, 0.2) is 82.5 Å². The number of aliphatic hydroxyl groups excluding tert-OH is 1. The van der Waals surface area contributed by atoms with Crippen LogP contribution in [-0.4, -0.2) is 41.0 Å². The van der Waals surface area contributed by atoms with Crippen LogP contribution in [0, 0.1) is 6.92 Å². The molecule has 1 saturated heterocycles. The van der Waals surface area contributed by atoms with Gasteiger partial charge in [0.1, 0.15) is 17.3 Å². The zero-order valence-electron chi connectivity index (χ0n) is 18.8. The van der Waals surface area contributed by atoms with E-state index < -0.39 is 23.5 Å². The van der Waals surface area contributed by atoms with E-state index in [1.807, 2.05) is 36.4 Å². The van der Waals surface area contributed by atoms with E-state index >= 15 is 0 Å². The molecule has 0 unspecified atom stereocenters.